The molecule has 0 aromatic heterocycles. The van der Waals surface area contributed by atoms with Gasteiger partial charge in [0.25, 0.3) is 0 Å². The number of benzene rings is 1. The first kappa shape index (κ1) is 7.91. The monoisotopic (exact) mass is 200 g/mol. The lowest BCUT2D eigenvalue weighted by atomic mass is 9.79. The molecule has 0 amide bonds. The fourth-order valence-electron chi connectivity index (χ4n) is 4.10. The van der Waals surface area contributed by atoms with Crippen molar-refractivity contribution in [2.45, 2.75) is 18.8 Å². The molecule has 1 spiro atoms. The van der Waals surface area contributed by atoms with E-state index >= 15 is 0 Å². The molecule has 4 rings (SSSR count). The van der Waals surface area contributed by atoms with E-state index in [2.05, 4.69) is 19.1 Å². The Morgan fingerprint density at radius 1 is 1.27 bits per heavy atom. The van der Waals surface area contributed by atoms with E-state index in [-0.39, 0.29) is 22.2 Å². The number of ether oxygens (including phenoxy) is 1. The molecule has 2 nitrogen and oxygen atoms in total. The summed E-state index contributed by atoms with van der Waals surface area (Å²) in [6.07, 6.45) is 1.15. The zero-order valence-corrected chi connectivity index (χ0v) is 8.62. The van der Waals surface area contributed by atoms with Crippen molar-refractivity contribution in [2.24, 2.45) is 10.8 Å². The Kier molecular flexibility index (Phi) is 0.971. The predicted molar refractivity (Wildman–Crippen MR) is 54.2 cm³/mol. The summed E-state index contributed by atoms with van der Waals surface area (Å²) < 4.78 is 5.24. The second kappa shape index (κ2) is 1.84. The minimum absolute atomic E-state index is 0.00227. The Labute approximate surface area is 88.2 Å². The van der Waals surface area contributed by atoms with Crippen molar-refractivity contribution in [2.75, 3.05) is 6.61 Å². The van der Waals surface area contributed by atoms with Gasteiger partial charge in [0.15, 0.2) is 0 Å². The number of carbonyl (C=O) groups excluding carboxylic acids is 1. The third-order valence-corrected chi connectivity index (χ3v) is 5.03. The topological polar surface area (TPSA) is 26.3 Å². The van der Waals surface area contributed by atoms with E-state index in [1.165, 1.54) is 0 Å². The van der Waals surface area contributed by atoms with Crippen molar-refractivity contribution < 1.29 is 9.53 Å². The Morgan fingerprint density at radius 3 is 2.53 bits per heavy atom. The molecule has 3 aliphatic rings. The van der Waals surface area contributed by atoms with E-state index in [1.807, 2.05) is 18.2 Å². The van der Waals surface area contributed by atoms with Gasteiger partial charge in [-0.2, -0.15) is 0 Å². The van der Waals surface area contributed by atoms with Crippen LogP contribution >= 0.6 is 0 Å². The molecule has 1 aliphatic heterocycles. The van der Waals surface area contributed by atoms with E-state index in [0.29, 0.717) is 6.61 Å². The summed E-state index contributed by atoms with van der Waals surface area (Å²) >= 11 is 0. The Hall–Kier alpha value is -1.31. The standard InChI is InChI=1S/C13H12O2/c1-11-7-12(11)8-15-10(14)13(11,12)9-5-3-2-4-6-9/h2-6H,7-8H2,1H3. The number of fused-ring (bicyclic) bond motifs is 1. The molecule has 2 saturated carbocycles. The lowest BCUT2D eigenvalue weighted by Crippen LogP contribution is -2.30. The number of hydrogen-bond acceptors (Lipinski definition) is 2. The summed E-state index contributed by atoms with van der Waals surface area (Å²) in [6.45, 7) is 2.86. The highest BCUT2D eigenvalue weighted by Gasteiger charge is 3.03. The first-order valence-corrected chi connectivity index (χ1v) is 5.42. The fraction of sp³-hybridized carbons (Fsp3) is 0.462. The second-order valence-corrected chi connectivity index (χ2v) is 5.28. The highest BCUT2D eigenvalue weighted by atomic mass is 16.5. The van der Waals surface area contributed by atoms with Gasteiger partial charge in [0.05, 0.1) is 6.61 Å². The van der Waals surface area contributed by atoms with Gasteiger partial charge in [-0.05, 0) is 17.4 Å². The molecular formula is C13H12O2. The molecule has 2 heteroatoms. The number of rotatable bonds is 1. The molecule has 0 N–H and O–H groups in total. The Morgan fingerprint density at radius 2 is 2.00 bits per heavy atom. The van der Waals surface area contributed by atoms with Crippen LogP contribution in [0, 0.1) is 10.8 Å². The highest BCUT2D eigenvalue weighted by Crippen LogP contribution is 2.98. The predicted octanol–water partition coefficient (Wildman–Crippen LogP) is 1.89. The molecule has 1 heterocycles. The first-order valence-electron chi connectivity index (χ1n) is 5.42. The molecular weight excluding hydrogens is 188 g/mol. The van der Waals surface area contributed by atoms with Gasteiger partial charge in [-0.3, -0.25) is 4.79 Å². The maximum atomic E-state index is 12.0. The smallest absolute Gasteiger partial charge is 0.317 e. The summed E-state index contributed by atoms with van der Waals surface area (Å²) in [7, 11) is 0. The van der Waals surface area contributed by atoms with Crippen molar-refractivity contribution >= 4 is 5.97 Å². The van der Waals surface area contributed by atoms with Gasteiger partial charge in [-0.1, -0.05) is 37.3 Å². The van der Waals surface area contributed by atoms with E-state index in [1.54, 1.807) is 0 Å². The number of carbonyl (C=O) groups is 1. The van der Waals surface area contributed by atoms with Crippen LogP contribution in [-0.4, -0.2) is 12.6 Å². The van der Waals surface area contributed by atoms with Crippen LogP contribution in [0.5, 0.6) is 0 Å². The van der Waals surface area contributed by atoms with Crippen molar-refractivity contribution in [3.8, 4) is 0 Å². The minimum atomic E-state index is -0.277. The molecule has 15 heavy (non-hydrogen) atoms. The Bertz CT molecular complexity index is 481. The third kappa shape index (κ3) is 0.503. The van der Waals surface area contributed by atoms with Crippen molar-refractivity contribution in [1.29, 1.82) is 0 Å². The lowest BCUT2D eigenvalue weighted by molar-refractivity contribution is -0.143. The van der Waals surface area contributed by atoms with Crippen LogP contribution in [0.1, 0.15) is 18.9 Å². The molecule has 0 bridgehead atoms. The van der Waals surface area contributed by atoms with Gasteiger partial charge in [0.1, 0.15) is 5.41 Å². The number of esters is 1. The second-order valence-electron chi connectivity index (χ2n) is 5.28. The SMILES string of the molecule is CC12CC13COC(=O)C23c1ccccc1. The van der Waals surface area contributed by atoms with Crippen molar-refractivity contribution in [1.82, 2.24) is 0 Å². The fourth-order valence-corrected chi connectivity index (χ4v) is 4.10. The van der Waals surface area contributed by atoms with Crippen molar-refractivity contribution in [3.63, 3.8) is 0 Å². The molecule has 3 fully saturated rings. The van der Waals surface area contributed by atoms with Crippen LogP contribution in [0.3, 0.4) is 0 Å². The summed E-state index contributed by atoms with van der Waals surface area (Å²) in [5, 5.41) is 0. The molecule has 1 aromatic rings. The molecule has 2 aliphatic carbocycles. The van der Waals surface area contributed by atoms with Crippen LogP contribution in [-0.2, 0) is 14.9 Å². The summed E-state index contributed by atoms with van der Waals surface area (Å²) in [6, 6.07) is 10.1. The van der Waals surface area contributed by atoms with Crippen LogP contribution in [0.15, 0.2) is 30.3 Å². The van der Waals surface area contributed by atoms with Crippen LogP contribution in [0.2, 0.25) is 0 Å². The van der Waals surface area contributed by atoms with Gasteiger partial charge in [0, 0.05) is 5.41 Å². The third-order valence-electron chi connectivity index (χ3n) is 5.03. The Balaban J connectivity index is 1.94. The van der Waals surface area contributed by atoms with Gasteiger partial charge >= 0.3 is 5.97 Å². The van der Waals surface area contributed by atoms with Crippen LogP contribution in [0.25, 0.3) is 0 Å². The van der Waals surface area contributed by atoms with Crippen molar-refractivity contribution in [3.05, 3.63) is 35.9 Å². The van der Waals surface area contributed by atoms with E-state index in [0.717, 1.165) is 12.0 Å². The molecule has 3 unspecified atom stereocenters. The number of cyclic esters (lactones) is 1. The van der Waals surface area contributed by atoms with Gasteiger partial charge in [-0.25, -0.2) is 0 Å². The van der Waals surface area contributed by atoms with Gasteiger partial charge < -0.3 is 4.74 Å². The van der Waals surface area contributed by atoms with E-state index < -0.39 is 0 Å². The van der Waals surface area contributed by atoms with E-state index in [9.17, 15) is 4.79 Å². The largest absolute Gasteiger partial charge is 0.464 e. The molecule has 0 radical (unpaired) electrons. The van der Waals surface area contributed by atoms with Gasteiger partial charge in [0.2, 0.25) is 0 Å². The highest BCUT2D eigenvalue weighted by molar-refractivity contribution is 5.97. The quantitative estimate of drug-likeness (QED) is 0.647. The molecule has 1 saturated heterocycles. The number of hydrogen-bond donors (Lipinski definition) is 0. The average Bonchev–Trinajstić information content (AvgIpc) is 2.94. The van der Waals surface area contributed by atoms with Gasteiger partial charge in [-0.15, -0.1) is 0 Å². The lowest BCUT2D eigenvalue weighted by Gasteiger charge is -2.20. The van der Waals surface area contributed by atoms with E-state index in [4.69, 9.17) is 4.74 Å². The normalized spacial score (nSPS) is 49.3. The maximum Gasteiger partial charge on any atom is 0.317 e. The molecule has 76 valence electrons. The first-order chi connectivity index (χ1) is 7.19. The zero-order valence-electron chi connectivity index (χ0n) is 8.62. The minimum Gasteiger partial charge on any atom is -0.464 e. The van der Waals surface area contributed by atoms with Crippen LogP contribution < -0.4 is 0 Å². The summed E-state index contributed by atoms with van der Waals surface area (Å²) in [5.41, 5.74) is 1.25. The molecule has 3 atom stereocenters. The maximum absolute atomic E-state index is 12.0. The average molecular weight is 200 g/mol. The van der Waals surface area contributed by atoms with Crippen LogP contribution in [0.4, 0.5) is 0 Å². The zero-order chi connectivity index (χ0) is 10.3. The molecule has 1 aromatic carbocycles. The summed E-state index contributed by atoms with van der Waals surface area (Å²) in [4.78, 5) is 12.0. The summed E-state index contributed by atoms with van der Waals surface area (Å²) in [5.74, 6) is 0.00227.